The van der Waals surface area contributed by atoms with Crippen molar-refractivity contribution >= 4 is 33.4 Å². The molecule has 0 saturated heterocycles. The van der Waals surface area contributed by atoms with Crippen LogP contribution in [0.15, 0.2) is 40.9 Å². The summed E-state index contributed by atoms with van der Waals surface area (Å²) < 4.78 is 0.0738. The summed E-state index contributed by atoms with van der Waals surface area (Å²) in [6.07, 6.45) is 0. The Hall–Kier alpha value is -0.790. The lowest BCUT2D eigenvalue weighted by atomic mass is 10.0. The molecule has 15 heavy (non-hydrogen) atoms. The first kappa shape index (κ1) is 12.3. The summed E-state index contributed by atoms with van der Waals surface area (Å²) in [5, 5.41) is 0. The second-order valence-electron chi connectivity index (χ2n) is 3.40. The molecule has 1 rings (SSSR count). The van der Waals surface area contributed by atoms with E-state index in [0.29, 0.717) is 6.54 Å². The van der Waals surface area contributed by atoms with E-state index in [9.17, 15) is 0 Å². The predicted molar refractivity (Wildman–Crippen MR) is 68.7 cm³/mol. The van der Waals surface area contributed by atoms with Crippen LogP contribution in [0.1, 0.15) is 19.4 Å². The van der Waals surface area contributed by atoms with E-state index in [1.807, 2.05) is 18.2 Å². The number of rotatable bonds is 3. The summed E-state index contributed by atoms with van der Waals surface area (Å²) in [4.78, 5) is 4.01. The van der Waals surface area contributed by atoms with Gasteiger partial charge in [-0.15, -0.1) is 0 Å². The van der Waals surface area contributed by atoms with Gasteiger partial charge in [0.2, 0.25) is 0 Å². The summed E-state index contributed by atoms with van der Waals surface area (Å²) in [5.41, 5.74) is 3.55. The van der Waals surface area contributed by atoms with Crippen molar-refractivity contribution in [3.05, 3.63) is 41.5 Å². The van der Waals surface area contributed by atoms with Crippen LogP contribution in [0, 0.1) is 0 Å². The van der Waals surface area contributed by atoms with Crippen LogP contribution in [0.2, 0.25) is 0 Å². The molecule has 0 spiro atoms. The van der Waals surface area contributed by atoms with Gasteiger partial charge in [0.15, 0.2) is 4.63 Å². The van der Waals surface area contributed by atoms with Gasteiger partial charge in [-0.3, -0.25) is 4.99 Å². The molecule has 0 heterocycles. The fourth-order valence-corrected chi connectivity index (χ4v) is 1.44. The average molecular weight is 242 g/mol. The highest BCUT2D eigenvalue weighted by molar-refractivity contribution is 6.95. The topological polar surface area (TPSA) is 12.4 Å². The Bertz CT molecular complexity index is 372. The van der Waals surface area contributed by atoms with Gasteiger partial charge in [-0.2, -0.15) is 0 Å². The Morgan fingerprint density at radius 3 is 2.20 bits per heavy atom. The molecule has 80 valence electrons. The van der Waals surface area contributed by atoms with Crippen LogP contribution >= 0.6 is 23.2 Å². The van der Waals surface area contributed by atoms with Crippen molar-refractivity contribution < 1.29 is 0 Å². The Morgan fingerprint density at radius 1 is 1.13 bits per heavy atom. The molecule has 0 N–H and O–H groups in total. The maximum absolute atomic E-state index is 5.51. The lowest BCUT2D eigenvalue weighted by Gasteiger charge is -2.07. The van der Waals surface area contributed by atoms with Gasteiger partial charge < -0.3 is 0 Å². The number of halogens is 2. The van der Waals surface area contributed by atoms with Crippen LogP contribution in [-0.4, -0.2) is 11.2 Å². The summed E-state index contributed by atoms with van der Waals surface area (Å²) >= 11 is 11.0. The SMILES string of the molecule is CC(C)=C(CN=C(Cl)Cl)c1ccccc1. The molecule has 0 saturated carbocycles. The van der Waals surface area contributed by atoms with Gasteiger partial charge in [-0.1, -0.05) is 35.9 Å². The number of hydrogen-bond acceptors (Lipinski definition) is 1. The highest BCUT2D eigenvalue weighted by Crippen LogP contribution is 2.19. The van der Waals surface area contributed by atoms with Crippen molar-refractivity contribution in [2.45, 2.75) is 13.8 Å². The standard InChI is InChI=1S/C12H13Cl2N/c1-9(2)11(8-15-12(13)14)10-6-4-3-5-7-10/h3-7H,8H2,1-2H3. The molecule has 0 amide bonds. The van der Waals surface area contributed by atoms with Crippen LogP contribution in [0.25, 0.3) is 5.57 Å². The van der Waals surface area contributed by atoms with Gasteiger partial charge in [-0.05, 0) is 48.2 Å². The van der Waals surface area contributed by atoms with Crippen LogP contribution in [0.3, 0.4) is 0 Å². The Labute approximate surface area is 100 Å². The van der Waals surface area contributed by atoms with E-state index in [-0.39, 0.29) is 4.63 Å². The van der Waals surface area contributed by atoms with Gasteiger partial charge >= 0.3 is 0 Å². The molecule has 3 heteroatoms. The van der Waals surface area contributed by atoms with Crippen molar-refractivity contribution in [2.24, 2.45) is 4.99 Å². The maximum Gasteiger partial charge on any atom is 0.192 e. The Kier molecular flexibility index (Phi) is 4.86. The largest absolute Gasteiger partial charge is 0.258 e. The van der Waals surface area contributed by atoms with Gasteiger partial charge in [-0.25, -0.2) is 0 Å². The molecule has 0 aliphatic carbocycles. The third-order valence-electron chi connectivity index (χ3n) is 2.08. The number of hydrogen-bond donors (Lipinski definition) is 0. The predicted octanol–water partition coefficient (Wildman–Crippen LogP) is 4.31. The minimum atomic E-state index is 0.0738. The normalized spacial score (nSPS) is 9.60. The summed E-state index contributed by atoms with van der Waals surface area (Å²) in [6, 6.07) is 10.1. The molecular formula is C12H13Cl2N. The zero-order valence-corrected chi connectivity index (χ0v) is 10.3. The molecule has 0 aromatic heterocycles. The molecule has 0 aliphatic heterocycles. The summed E-state index contributed by atoms with van der Waals surface area (Å²) in [7, 11) is 0. The van der Waals surface area contributed by atoms with Gasteiger partial charge in [0, 0.05) is 0 Å². The Morgan fingerprint density at radius 2 is 1.73 bits per heavy atom. The Balaban J connectivity index is 2.97. The summed E-state index contributed by atoms with van der Waals surface area (Å²) in [5.74, 6) is 0. The van der Waals surface area contributed by atoms with Crippen LogP contribution < -0.4 is 0 Å². The van der Waals surface area contributed by atoms with E-state index in [2.05, 4.69) is 31.0 Å². The molecule has 1 aromatic rings. The minimum Gasteiger partial charge on any atom is -0.258 e. The van der Waals surface area contributed by atoms with E-state index in [1.54, 1.807) is 0 Å². The third kappa shape index (κ3) is 4.06. The van der Waals surface area contributed by atoms with E-state index in [1.165, 1.54) is 5.57 Å². The molecule has 0 bridgehead atoms. The lowest BCUT2D eigenvalue weighted by Crippen LogP contribution is -1.92. The van der Waals surface area contributed by atoms with Crippen LogP contribution in [0.4, 0.5) is 0 Å². The monoisotopic (exact) mass is 241 g/mol. The van der Waals surface area contributed by atoms with Crippen molar-refractivity contribution in [1.29, 1.82) is 0 Å². The van der Waals surface area contributed by atoms with E-state index in [4.69, 9.17) is 23.2 Å². The first-order valence-electron chi connectivity index (χ1n) is 4.68. The number of aliphatic imine (C=N–C) groups is 1. The van der Waals surface area contributed by atoms with E-state index in [0.717, 1.165) is 11.1 Å². The first-order chi connectivity index (χ1) is 7.11. The molecule has 0 aliphatic rings. The average Bonchev–Trinajstić information content (AvgIpc) is 2.18. The van der Waals surface area contributed by atoms with Crippen molar-refractivity contribution in [3.63, 3.8) is 0 Å². The second-order valence-corrected chi connectivity index (χ2v) is 4.31. The lowest BCUT2D eigenvalue weighted by molar-refractivity contribution is 1.22. The van der Waals surface area contributed by atoms with E-state index >= 15 is 0 Å². The first-order valence-corrected chi connectivity index (χ1v) is 5.44. The molecule has 1 nitrogen and oxygen atoms in total. The molecule has 0 fully saturated rings. The van der Waals surface area contributed by atoms with Crippen LogP contribution in [0.5, 0.6) is 0 Å². The molecular weight excluding hydrogens is 229 g/mol. The smallest absolute Gasteiger partial charge is 0.192 e. The number of benzene rings is 1. The third-order valence-corrected chi connectivity index (χ3v) is 2.32. The fraction of sp³-hybridized carbons (Fsp3) is 0.250. The minimum absolute atomic E-state index is 0.0738. The fourth-order valence-electron chi connectivity index (χ4n) is 1.32. The second kappa shape index (κ2) is 5.94. The quantitative estimate of drug-likeness (QED) is 0.700. The van der Waals surface area contributed by atoms with Gasteiger partial charge in [0.05, 0.1) is 6.54 Å². The van der Waals surface area contributed by atoms with E-state index < -0.39 is 0 Å². The summed E-state index contributed by atoms with van der Waals surface area (Å²) in [6.45, 7) is 4.63. The molecule has 0 unspecified atom stereocenters. The molecule has 1 aromatic carbocycles. The maximum atomic E-state index is 5.51. The number of allylic oxidation sites excluding steroid dienone is 1. The van der Waals surface area contributed by atoms with Gasteiger partial charge in [0.25, 0.3) is 0 Å². The highest BCUT2D eigenvalue weighted by atomic mass is 35.5. The van der Waals surface area contributed by atoms with Crippen molar-refractivity contribution in [1.82, 2.24) is 0 Å². The molecule has 0 radical (unpaired) electrons. The van der Waals surface area contributed by atoms with Crippen molar-refractivity contribution in [3.8, 4) is 0 Å². The highest BCUT2D eigenvalue weighted by Gasteiger charge is 2.02. The number of nitrogens with zero attached hydrogens (tertiary/aromatic N) is 1. The zero-order chi connectivity index (χ0) is 11.3. The van der Waals surface area contributed by atoms with Crippen molar-refractivity contribution in [2.75, 3.05) is 6.54 Å². The zero-order valence-electron chi connectivity index (χ0n) is 8.80. The van der Waals surface area contributed by atoms with Crippen LogP contribution in [-0.2, 0) is 0 Å². The van der Waals surface area contributed by atoms with Gasteiger partial charge in [0.1, 0.15) is 0 Å². The molecule has 0 atom stereocenters.